The van der Waals surface area contributed by atoms with E-state index in [0.29, 0.717) is 17.0 Å². The molecule has 0 fully saturated rings. The van der Waals surface area contributed by atoms with Gasteiger partial charge in [-0.25, -0.2) is 4.79 Å². The third-order valence-electron chi connectivity index (χ3n) is 4.85. The summed E-state index contributed by atoms with van der Waals surface area (Å²) in [5, 5.41) is 9.93. The van der Waals surface area contributed by atoms with Gasteiger partial charge in [0.05, 0.1) is 29.4 Å². The zero-order valence-corrected chi connectivity index (χ0v) is 18.7. The van der Waals surface area contributed by atoms with Crippen LogP contribution in [0.2, 0.25) is 5.02 Å². The van der Waals surface area contributed by atoms with Crippen molar-refractivity contribution in [3.05, 3.63) is 45.6 Å². The lowest BCUT2D eigenvalue weighted by atomic mass is 9.74. The molecule has 0 saturated heterocycles. The van der Waals surface area contributed by atoms with E-state index in [1.807, 2.05) is 0 Å². The number of allylic oxidation sites excluding steroid dienone is 1. The lowest BCUT2D eigenvalue weighted by Gasteiger charge is -2.32. The van der Waals surface area contributed by atoms with E-state index >= 15 is 0 Å². The maximum absolute atomic E-state index is 13.0. The van der Waals surface area contributed by atoms with Crippen molar-refractivity contribution in [3.8, 4) is 6.07 Å². The highest BCUT2D eigenvalue weighted by atomic mass is 35.5. The second-order valence-corrected chi connectivity index (χ2v) is 7.22. The molecule has 1 heterocycles. The number of methoxy groups -OCH3 is 2. The number of hydrogen-bond donors (Lipinski definition) is 0. The van der Waals surface area contributed by atoms with Crippen molar-refractivity contribution in [1.29, 1.82) is 5.26 Å². The summed E-state index contributed by atoms with van der Waals surface area (Å²) in [4.78, 5) is 30.4. The molecule has 0 amide bonds. The number of carbonyl (C=O) groups excluding carboxylic acids is 2. The maximum Gasteiger partial charge on any atom is 0.336 e. The normalized spacial score (nSPS) is 18.3. The first-order chi connectivity index (χ1) is 14.9. The number of ether oxygens (including phenoxy) is 4. The molecule has 166 valence electrons. The summed E-state index contributed by atoms with van der Waals surface area (Å²) in [6.45, 7) is 3.86. The Morgan fingerprint density at radius 1 is 1.10 bits per heavy atom. The molecule has 1 aromatic carbocycles. The lowest BCUT2D eigenvalue weighted by Crippen LogP contribution is -2.37. The number of rotatable bonds is 9. The fraction of sp³-hybridized carbons (Fsp3) is 0.455. The first kappa shape index (κ1) is 24.5. The van der Waals surface area contributed by atoms with Gasteiger partial charge in [0.15, 0.2) is 0 Å². The summed E-state index contributed by atoms with van der Waals surface area (Å²) in [6.07, 6.45) is 0. The summed E-state index contributed by atoms with van der Waals surface area (Å²) in [5.74, 6) is -3.01. The van der Waals surface area contributed by atoms with Crippen LogP contribution in [-0.4, -0.2) is 58.3 Å². The second-order valence-electron chi connectivity index (χ2n) is 6.81. The van der Waals surface area contributed by atoms with E-state index < -0.39 is 23.8 Å². The van der Waals surface area contributed by atoms with E-state index in [9.17, 15) is 14.9 Å². The predicted molar refractivity (Wildman–Crippen MR) is 114 cm³/mol. The van der Waals surface area contributed by atoms with Gasteiger partial charge in [-0.3, -0.25) is 9.79 Å². The Bertz CT molecular complexity index is 934. The molecular formula is C22H25ClN2O6. The molecule has 0 aliphatic carbocycles. The van der Waals surface area contributed by atoms with Gasteiger partial charge in [0.2, 0.25) is 0 Å². The molecule has 0 saturated carbocycles. The average molecular weight is 449 g/mol. The molecule has 1 aliphatic heterocycles. The molecule has 0 N–H and O–H groups in total. The predicted octanol–water partition coefficient (Wildman–Crippen LogP) is 3.04. The van der Waals surface area contributed by atoms with Crippen LogP contribution in [0.25, 0.3) is 0 Å². The van der Waals surface area contributed by atoms with Gasteiger partial charge in [-0.15, -0.1) is 0 Å². The van der Waals surface area contributed by atoms with Crippen LogP contribution in [0.3, 0.4) is 0 Å². The van der Waals surface area contributed by atoms with Gasteiger partial charge in [0.1, 0.15) is 25.2 Å². The topological polar surface area (TPSA) is 107 Å². The van der Waals surface area contributed by atoms with Crippen LogP contribution < -0.4 is 0 Å². The van der Waals surface area contributed by atoms with E-state index in [4.69, 9.17) is 30.5 Å². The van der Waals surface area contributed by atoms with E-state index in [2.05, 4.69) is 11.1 Å². The second kappa shape index (κ2) is 11.6. The number of benzene rings is 1. The van der Waals surface area contributed by atoms with Gasteiger partial charge in [-0.05, 0) is 25.5 Å². The van der Waals surface area contributed by atoms with E-state index in [1.54, 1.807) is 32.0 Å². The van der Waals surface area contributed by atoms with E-state index in [-0.39, 0.29) is 42.6 Å². The van der Waals surface area contributed by atoms with Crippen molar-refractivity contribution in [3.63, 3.8) is 0 Å². The van der Waals surface area contributed by atoms with Crippen molar-refractivity contribution in [2.24, 2.45) is 10.9 Å². The quantitative estimate of drug-likeness (QED) is 0.422. The van der Waals surface area contributed by atoms with Crippen LogP contribution in [0.4, 0.5) is 0 Å². The number of nitrogens with zero attached hydrogens (tertiary/aromatic N) is 2. The minimum Gasteiger partial charge on any atom is -0.463 e. The summed E-state index contributed by atoms with van der Waals surface area (Å²) in [7, 11) is 2.99. The standard InChI is InChI=1S/C22H25ClN2O6/c1-13-18(21(26)30-10-8-28-3)20(15-6-5-7-17(23)16(15)12-24)19(14(2)25-13)22(27)31-11-9-29-4/h5-7,18,20H,8-11H2,1-4H3. The van der Waals surface area contributed by atoms with Crippen molar-refractivity contribution in [2.45, 2.75) is 19.8 Å². The Morgan fingerprint density at radius 3 is 2.35 bits per heavy atom. The van der Waals surface area contributed by atoms with Gasteiger partial charge in [0.25, 0.3) is 0 Å². The molecule has 31 heavy (non-hydrogen) atoms. The van der Waals surface area contributed by atoms with Gasteiger partial charge in [-0.1, -0.05) is 23.7 Å². The Balaban J connectivity index is 2.60. The fourth-order valence-electron chi connectivity index (χ4n) is 3.47. The number of nitriles is 1. The van der Waals surface area contributed by atoms with Crippen molar-refractivity contribution < 1.29 is 28.5 Å². The van der Waals surface area contributed by atoms with E-state index in [1.165, 1.54) is 14.2 Å². The molecule has 9 heteroatoms. The molecule has 2 rings (SSSR count). The molecule has 8 nitrogen and oxygen atoms in total. The maximum atomic E-state index is 13.0. The highest BCUT2D eigenvalue weighted by molar-refractivity contribution is 6.31. The molecular weight excluding hydrogens is 424 g/mol. The SMILES string of the molecule is COCCOC(=O)C1=C(C)N=C(C)C(C(=O)OCCOC)C1c1cccc(Cl)c1C#N. The van der Waals surface area contributed by atoms with Crippen molar-refractivity contribution >= 4 is 29.3 Å². The smallest absolute Gasteiger partial charge is 0.336 e. The zero-order chi connectivity index (χ0) is 23.0. The summed E-state index contributed by atoms with van der Waals surface area (Å²) < 4.78 is 20.6. The number of halogens is 1. The molecule has 1 aliphatic rings. The Labute approximate surface area is 186 Å². The molecule has 0 radical (unpaired) electrons. The van der Waals surface area contributed by atoms with Gasteiger partial charge >= 0.3 is 11.9 Å². The van der Waals surface area contributed by atoms with Gasteiger partial charge in [-0.2, -0.15) is 5.26 Å². The van der Waals surface area contributed by atoms with Crippen molar-refractivity contribution in [2.75, 3.05) is 40.6 Å². The van der Waals surface area contributed by atoms with Crippen LogP contribution in [0.1, 0.15) is 30.9 Å². The summed E-state index contributed by atoms with van der Waals surface area (Å²) >= 11 is 6.25. The summed E-state index contributed by atoms with van der Waals surface area (Å²) in [6, 6.07) is 6.98. The minimum absolute atomic E-state index is 0.0329. The molecule has 0 aromatic heterocycles. The number of aliphatic imine (C=N–C) groups is 1. The highest BCUT2D eigenvalue weighted by Gasteiger charge is 2.43. The van der Waals surface area contributed by atoms with Crippen LogP contribution >= 0.6 is 11.6 Å². The number of esters is 2. The Kier molecular flexibility index (Phi) is 9.19. The molecule has 2 unspecified atom stereocenters. The summed E-state index contributed by atoms with van der Waals surface area (Å²) in [5.41, 5.74) is 1.63. The Morgan fingerprint density at radius 2 is 1.74 bits per heavy atom. The van der Waals surface area contributed by atoms with Crippen molar-refractivity contribution in [1.82, 2.24) is 0 Å². The first-order valence-corrected chi connectivity index (χ1v) is 10.0. The monoisotopic (exact) mass is 448 g/mol. The van der Waals surface area contributed by atoms with Crippen LogP contribution in [0.5, 0.6) is 0 Å². The third-order valence-corrected chi connectivity index (χ3v) is 5.16. The molecule has 0 spiro atoms. The minimum atomic E-state index is -0.934. The Hall–Kier alpha value is -2.73. The lowest BCUT2D eigenvalue weighted by molar-refractivity contribution is -0.148. The third kappa shape index (κ3) is 5.70. The highest BCUT2D eigenvalue weighted by Crippen LogP contribution is 2.42. The number of hydrogen-bond acceptors (Lipinski definition) is 8. The fourth-order valence-corrected chi connectivity index (χ4v) is 3.70. The van der Waals surface area contributed by atoms with Crippen LogP contribution in [0.15, 0.2) is 34.5 Å². The average Bonchev–Trinajstić information content (AvgIpc) is 2.73. The number of carbonyl (C=O) groups is 2. The van der Waals surface area contributed by atoms with Gasteiger partial charge < -0.3 is 18.9 Å². The van der Waals surface area contributed by atoms with Gasteiger partial charge in [0, 0.05) is 31.5 Å². The molecule has 2 atom stereocenters. The zero-order valence-electron chi connectivity index (χ0n) is 17.9. The first-order valence-electron chi connectivity index (χ1n) is 9.63. The largest absolute Gasteiger partial charge is 0.463 e. The van der Waals surface area contributed by atoms with Crippen LogP contribution in [-0.2, 0) is 28.5 Å². The van der Waals surface area contributed by atoms with E-state index in [0.717, 1.165) is 0 Å². The molecule has 0 bridgehead atoms. The molecule has 1 aromatic rings. The van der Waals surface area contributed by atoms with Crippen LogP contribution in [0, 0.1) is 17.2 Å².